The van der Waals surface area contributed by atoms with Gasteiger partial charge < -0.3 is 5.73 Å². The summed E-state index contributed by atoms with van der Waals surface area (Å²) in [7, 11) is 0. The lowest BCUT2D eigenvalue weighted by Gasteiger charge is -1.88. The second kappa shape index (κ2) is 2.96. The number of amides is 1. The molecule has 0 spiro atoms. The largest absolute Gasteiger partial charge is 0.364 e. The first kappa shape index (κ1) is 6.74. The Hall–Kier alpha value is -1.38. The van der Waals surface area contributed by atoms with Gasteiger partial charge in [0.05, 0.1) is 0 Å². The second-order valence-corrected chi connectivity index (χ2v) is 1.94. The molecule has 0 unspecified atom stereocenters. The molecule has 0 aliphatic heterocycles. The molecule has 51 valence electrons. The molecule has 3 nitrogen and oxygen atoms in total. The monoisotopic (exact) mass is 136 g/mol. The first-order valence-corrected chi connectivity index (χ1v) is 2.92. The minimum Gasteiger partial charge on any atom is -0.364 e. The van der Waals surface area contributed by atoms with Crippen molar-refractivity contribution in [3.05, 3.63) is 30.6 Å². The number of aromatic nitrogens is 1. The Morgan fingerprint density at radius 1 is 1.50 bits per heavy atom. The summed E-state index contributed by atoms with van der Waals surface area (Å²) >= 11 is 0. The van der Waals surface area contributed by atoms with Crippen molar-refractivity contribution >= 4 is 5.91 Å². The van der Waals surface area contributed by atoms with E-state index in [2.05, 4.69) is 6.07 Å². The van der Waals surface area contributed by atoms with Gasteiger partial charge in [-0.2, -0.15) is 4.57 Å². The summed E-state index contributed by atoms with van der Waals surface area (Å²) in [6.07, 6.45) is 3.48. The van der Waals surface area contributed by atoms with E-state index in [4.69, 9.17) is 5.73 Å². The highest BCUT2D eigenvalue weighted by molar-refractivity contribution is 5.72. The van der Waals surface area contributed by atoms with Gasteiger partial charge in [0.15, 0.2) is 12.4 Å². The van der Waals surface area contributed by atoms with Gasteiger partial charge in [0, 0.05) is 12.1 Å². The van der Waals surface area contributed by atoms with Crippen molar-refractivity contribution in [1.29, 1.82) is 0 Å². The van der Waals surface area contributed by atoms with Gasteiger partial charge in [0.1, 0.15) is 0 Å². The van der Waals surface area contributed by atoms with Gasteiger partial charge in [-0.15, -0.1) is 0 Å². The van der Waals surface area contributed by atoms with E-state index in [0.717, 1.165) is 0 Å². The molecule has 1 heterocycles. The van der Waals surface area contributed by atoms with Crippen LogP contribution in [0.25, 0.3) is 0 Å². The van der Waals surface area contributed by atoms with Crippen LogP contribution in [0.4, 0.5) is 0 Å². The fraction of sp³-hybridized carbons (Fsp3) is 0.143. The molecule has 1 aromatic rings. The molecule has 0 saturated heterocycles. The quantitative estimate of drug-likeness (QED) is 0.535. The molecule has 1 aromatic heterocycles. The first-order valence-electron chi connectivity index (χ1n) is 2.92. The lowest BCUT2D eigenvalue weighted by Crippen LogP contribution is -2.39. The molecular formula is C7H8N2O+. The van der Waals surface area contributed by atoms with Crippen molar-refractivity contribution in [2.75, 3.05) is 0 Å². The Bertz CT molecular complexity index is 220. The fourth-order valence-electron chi connectivity index (χ4n) is 0.668. The molecule has 3 heteroatoms. The number of rotatable bonds is 2. The van der Waals surface area contributed by atoms with Crippen molar-refractivity contribution in [2.24, 2.45) is 5.73 Å². The highest BCUT2D eigenvalue weighted by atomic mass is 16.1. The smallest absolute Gasteiger partial charge is 0.283 e. The molecule has 0 saturated carbocycles. The van der Waals surface area contributed by atoms with E-state index in [1.807, 2.05) is 0 Å². The summed E-state index contributed by atoms with van der Waals surface area (Å²) in [6.45, 7) is 0.231. The third kappa shape index (κ3) is 1.85. The predicted molar refractivity (Wildman–Crippen MR) is 34.7 cm³/mol. The molecular weight excluding hydrogens is 128 g/mol. The minimum absolute atomic E-state index is 0.231. The van der Waals surface area contributed by atoms with Crippen LogP contribution >= 0.6 is 0 Å². The van der Waals surface area contributed by atoms with E-state index in [1.54, 1.807) is 29.1 Å². The zero-order chi connectivity index (χ0) is 7.40. The second-order valence-electron chi connectivity index (χ2n) is 1.94. The Morgan fingerprint density at radius 3 is 2.60 bits per heavy atom. The van der Waals surface area contributed by atoms with Crippen LogP contribution in [0, 0.1) is 6.07 Å². The zero-order valence-corrected chi connectivity index (χ0v) is 5.45. The van der Waals surface area contributed by atoms with Gasteiger partial charge in [-0.1, -0.05) is 0 Å². The van der Waals surface area contributed by atoms with Crippen molar-refractivity contribution in [3.8, 4) is 0 Å². The van der Waals surface area contributed by atoms with Crippen molar-refractivity contribution < 1.29 is 9.36 Å². The lowest BCUT2D eigenvalue weighted by molar-refractivity contribution is -0.684. The molecule has 2 N–H and O–H groups in total. The minimum atomic E-state index is -0.337. The van der Waals surface area contributed by atoms with E-state index in [9.17, 15) is 4.79 Å². The number of primary amides is 1. The molecule has 10 heavy (non-hydrogen) atoms. The molecule has 1 amide bonds. The van der Waals surface area contributed by atoms with Crippen LogP contribution < -0.4 is 10.3 Å². The van der Waals surface area contributed by atoms with Crippen molar-refractivity contribution in [1.82, 2.24) is 0 Å². The zero-order valence-electron chi connectivity index (χ0n) is 5.45. The molecule has 0 aliphatic carbocycles. The van der Waals surface area contributed by atoms with Crippen LogP contribution in [0.15, 0.2) is 24.5 Å². The molecule has 0 bridgehead atoms. The van der Waals surface area contributed by atoms with E-state index < -0.39 is 0 Å². The molecule has 0 aromatic carbocycles. The number of carbonyl (C=O) groups is 1. The average Bonchev–Trinajstić information content (AvgIpc) is 1.88. The maximum Gasteiger partial charge on any atom is 0.283 e. The maximum absolute atomic E-state index is 10.4. The number of hydrogen-bond acceptors (Lipinski definition) is 1. The molecule has 1 radical (unpaired) electrons. The number of nitrogens with two attached hydrogens (primary N) is 1. The highest BCUT2D eigenvalue weighted by Gasteiger charge is 2.00. The summed E-state index contributed by atoms with van der Waals surface area (Å²) in [5, 5.41) is 0. The summed E-state index contributed by atoms with van der Waals surface area (Å²) in [5.41, 5.74) is 4.95. The van der Waals surface area contributed by atoms with Crippen molar-refractivity contribution in [3.63, 3.8) is 0 Å². The Morgan fingerprint density at radius 2 is 2.10 bits per heavy atom. The highest BCUT2D eigenvalue weighted by Crippen LogP contribution is 1.74. The van der Waals surface area contributed by atoms with Gasteiger partial charge in [-0.3, -0.25) is 4.79 Å². The third-order valence-corrected chi connectivity index (χ3v) is 1.06. The van der Waals surface area contributed by atoms with E-state index in [0.29, 0.717) is 0 Å². The molecule has 1 rings (SSSR count). The summed E-state index contributed by atoms with van der Waals surface area (Å²) < 4.78 is 1.69. The van der Waals surface area contributed by atoms with Gasteiger partial charge in [-0.25, -0.2) is 0 Å². The SMILES string of the molecule is NC(=O)C[n+]1cc[c]cc1. The van der Waals surface area contributed by atoms with E-state index >= 15 is 0 Å². The normalized spacial score (nSPS) is 9.20. The summed E-state index contributed by atoms with van der Waals surface area (Å²) in [5.74, 6) is -0.337. The Labute approximate surface area is 59.1 Å². The topological polar surface area (TPSA) is 47.0 Å². The van der Waals surface area contributed by atoms with Crippen LogP contribution in [0.2, 0.25) is 0 Å². The number of carbonyl (C=O) groups excluding carboxylic acids is 1. The third-order valence-electron chi connectivity index (χ3n) is 1.06. The van der Waals surface area contributed by atoms with Crippen LogP contribution in [-0.2, 0) is 11.3 Å². The molecule has 0 fully saturated rings. The van der Waals surface area contributed by atoms with Gasteiger partial charge in [0.25, 0.3) is 5.91 Å². The number of hydrogen-bond donors (Lipinski definition) is 1. The van der Waals surface area contributed by atoms with Gasteiger partial charge in [-0.05, 0) is 6.07 Å². The Balaban J connectivity index is 2.67. The molecule has 0 atom stereocenters. The lowest BCUT2D eigenvalue weighted by atomic mass is 10.5. The summed E-state index contributed by atoms with van der Waals surface area (Å²) in [6, 6.07) is 6.28. The van der Waals surface area contributed by atoms with Crippen LogP contribution in [0.1, 0.15) is 0 Å². The predicted octanol–water partition coefficient (Wildman–Crippen LogP) is -0.740. The van der Waals surface area contributed by atoms with Crippen LogP contribution in [0.3, 0.4) is 0 Å². The van der Waals surface area contributed by atoms with Crippen LogP contribution in [-0.4, -0.2) is 5.91 Å². The Kier molecular flexibility index (Phi) is 1.99. The first-order chi connectivity index (χ1) is 4.79. The standard InChI is InChI=1S/C7H7N2O/c8-7(10)6-9-4-2-1-3-5-9/h2-5H,6H2,(H-,8,10)/p+1. The van der Waals surface area contributed by atoms with Crippen molar-refractivity contribution in [2.45, 2.75) is 6.54 Å². The van der Waals surface area contributed by atoms with Crippen LogP contribution in [0.5, 0.6) is 0 Å². The van der Waals surface area contributed by atoms with Gasteiger partial charge in [0.2, 0.25) is 6.54 Å². The average molecular weight is 136 g/mol. The fourth-order valence-corrected chi connectivity index (χ4v) is 0.668. The van der Waals surface area contributed by atoms with Gasteiger partial charge >= 0.3 is 0 Å². The number of nitrogens with zero attached hydrogens (tertiary/aromatic N) is 1. The van der Waals surface area contributed by atoms with E-state index in [-0.39, 0.29) is 12.5 Å². The van der Waals surface area contributed by atoms with E-state index in [1.165, 1.54) is 0 Å². The molecule has 0 aliphatic rings. The number of pyridine rings is 1. The summed E-state index contributed by atoms with van der Waals surface area (Å²) in [4.78, 5) is 10.4. The maximum atomic E-state index is 10.4.